The normalized spacial score (nSPS) is 20.9. The summed E-state index contributed by atoms with van der Waals surface area (Å²) in [7, 11) is -3.20. The molecule has 1 aliphatic rings. The lowest BCUT2D eigenvalue weighted by Gasteiger charge is -2.29. The van der Waals surface area contributed by atoms with E-state index in [-0.39, 0.29) is 17.8 Å². The highest BCUT2D eigenvalue weighted by atomic mass is 32.2. The minimum absolute atomic E-state index is 0.0464. The summed E-state index contributed by atoms with van der Waals surface area (Å²) in [6.07, 6.45) is 3.70. The summed E-state index contributed by atoms with van der Waals surface area (Å²) < 4.78 is 33.9. The zero-order valence-corrected chi connectivity index (χ0v) is 17.9. The van der Waals surface area contributed by atoms with Crippen LogP contribution in [0.1, 0.15) is 59.4 Å². The average molecular weight is 410 g/mol. The van der Waals surface area contributed by atoms with Crippen LogP contribution in [-0.4, -0.2) is 30.8 Å². The fraction of sp³-hybridized carbons (Fsp3) is 0.650. The number of benzene rings is 1. The first-order valence-electron chi connectivity index (χ1n) is 10.1. The second kappa shape index (κ2) is 8.29. The maximum Gasteiger partial charge on any atom is 0.420 e. The zero-order valence-electron chi connectivity index (χ0n) is 17.1. The molecule has 0 bridgehead atoms. The first-order valence-corrected chi connectivity index (χ1v) is 11.6. The van der Waals surface area contributed by atoms with Crippen LogP contribution in [0, 0.1) is 5.92 Å². The Hall–Kier alpha value is -1.80. The molecule has 0 atom stereocenters. The van der Waals surface area contributed by atoms with Crippen molar-refractivity contribution in [1.29, 1.82) is 0 Å². The van der Waals surface area contributed by atoms with Crippen LogP contribution in [0.25, 0.3) is 11.1 Å². The lowest BCUT2D eigenvalue weighted by Crippen LogP contribution is -2.41. The van der Waals surface area contributed by atoms with Crippen molar-refractivity contribution in [2.75, 3.05) is 11.9 Å². The zero-order chi connectivity index (χ0) is 20.5. The molecule has 0 spiro atoms. The predicted molar refractivity (Wildman–Crippen MR) is 112 cm³/mol. The summed E-state index contributed by atoms with van der Waals surface area (Å²) in [5.74, 6) is 0.173. The molecule has 2 aromatic rings. The number of nitrogens with zero attached hydrogens (tertiary/aromatic N) is 1. The second-order valence-corrected chi connectivity index (χ2v) is 10.6. The fourth-order valence-corrected chi connectivity index (χ4v) is 4.72. The Balaban J connectivity index is 1.55. The molecule has 8 heteroatoms. The Bertz CT molecular complexity index is 967. The predicted octanol–water partition coefficient (Wildman–Crippen LogP) is 3.47. The number of oxazole rings is 1. The molecular formula is C20H31N3O4S. The Kier molecular flexibility index (Phi) is 6.19. The molecule has 2 N–H and O–H groups in total. The third-order valence-electron chi connectivity index (χ3n) is 5.52. The third-order valence-corrected chi connectivity index (χ3v) is 7.43. The maximum absolute atomic E-state index is 12.0. The van der Waals surface area contributed by atoms with E-state index in [1.165, 1.54) is 0 Å². The smallest absolute Gasteiger partial charge is 0.408 e. The monoisotopic (exact) mass is 409 g/mol. The SMILES string of the molecule is CC(C)n1c(=O)oc2cc(NCC3CCC(NS(=O)(=O)C(C)C)CC3)ccc21. The van der Waals surface area contributed by atoms with Crippen molar-refractivity contribution in [2.24, 2.45) is 5.92 Å². The van der Waals surface area contributed by atoms with Gasteiger partial charge in [0, 0.05) is 30.4 Å². The summed E-state index contributed by atoms with van der Waals surface area (Å²) in [6, 6.07) is 5.86. The largest absolute Gasteiger partial charge is 0.420 e. The van der Waals surface area contributed by atoms with Crippen LogP contribution in [-0.2, 0) is 10.0 Å². The first-order chi connectivity index (χ1) is 13.2. The quantitative estimate of drug-likeness (QED) is 0.730. The van der Waals surface area contributed by atoms with Crippen molar-refractivity contribution >= 4 is 26.8 Å². The van der Waals surface area contributed by atoms with E-state index in [1.807, 2.05) is 32.0 Å². The van der Waals surface area contributed by atoms with Gasteiger partial charge in [0.05, 0.1) is 10.8 Å². The minimum atomic E-state index is -3.20. The third kappa shape index (κ3) is 4.60. The van der Waals surface area contributed by atoms with Crippen molar-refractivity contribution < 1.29 is 12.8 Å². The molecule has 28 heavy (non-hydrogen) atoms. The summed E-state index contributed by atoms with van der Waals surface area (Å²) >= 11 is 0. The second-order valence-electron chi connectivity index (χ2n) is 8.32. The number of rotatable bonds is 7. The average Bonchev–Trinajstić information content (AvgIpc) is 2.95. The van der Waals surface area contributed by atoms with Gasteiger partial charge in [-0.1, -0.05) is 0 Å². The number of sulfonamides is 1. The van der Waals surface area contributed by atoms with Gasteiger partial charge in [-0.15, -0.1) is 0 Å². The molecule has 1 heterocycles. The molecule has 0 amide bonds. The van der Waals surface area contributed by atoms with E-state index in [0.717, 1.165) is 43.4 Å². The van der Waals surface area contributed by atoms with Gasteiger partial charge < -0.3 is 9.73 Å². The van der Waals surface area contributed by atoms with Gasteiger partial charge in [0.15, 0.2) is 5.58 Å². The number of fused-ring (bicyclic) bond motifs is 1. The lowest BCUT2D eigenvalue weighted by molar-refractivity contribution is 0.323. The van der Waals surface area contributed by atoms with E-state index in [9.17, 15) is 13.2 Å². The van der Waals surface area contributed by atoms with Gasteiger partial charge in [-0.05, 0) is 71.4 Å². The van der Waals surface area contributed by atoms with E-state index in [4.69, 9.17) is 4.42 Å². The molecule has 0 unspecified atom stereocenters. The van der Waals surface area contributed by atoms with E-state index >= 15 is 0 Å². The van der Waals surface area contributed by atoms with Crippen molar-refractivity contribution in [1.82, 2.24) is 9.29 Å². The van der Waals surface area contributed by atoms with Gasteiger partial charge in [-0.2, -0.15) is 0 Å². The molecule has 1 aromatic carbocycles. The van der Waals surface area contributed by atoms with E-state index in [1.54, 1.807) is 18.4 Å². The lowest BCUT2D eigenvalue weighted by atomic mass is 9.86. The molecule has 0 aliphatic heterocycles. The molecule has 0 radical (unpaired) electrons. The molecule has 1 aromatic heterocycles. The van der Waals surface area contributed by atoms with Crippen molar-refractivity contribution in [3.05, 3.63) is 28.7 Å². The van der Waals surface area contributed by atoms with Crippen LogP contribution in [0.3, 0.4) is 0 Å². The summed E-state index contributed by atoms with van der Waals surface area (Å²) in [4.78, 5) is 12.0. The van der Waals surface area contributed by atoms with Crippen LogP contribution >= 0.6 is 0 Å². The number of nitrogens with one attached hydrogen (secondary N) is 2. The van der Waals surface area contributed by atoms with Crippen LogP contribution < -0.4 is 15.8 Å². The first kappa shape index (κ1) is 20.9. The Morgan fingerprint density at radius 2 is 1.82 bits per heavy atom. The Morgan fingerprint density at radius 3 is 2.43 bits per heavy atom. The molecule has 0 saturated heterocycles. The van der Waals surface area contributed by atoms with Gasteiger partial charge in [-0.25, -0.2) is 17.9 Å². The standard InChI is InChI=1S/C20H31N3O4S/c1-13(2)23-18-10-9-17(11-19(18)27-20(23)24)21-12-15-5-7-16(8-6-15)22-28(25,26)14(3)4/h9-11,13-16,21-22H,5-8,12H2,1-4H3. The topological polar surface area (TPSA) is 93.3 Å². The molecule has 1 saturated carbocycles. The van der Waals surface area contributed by atoms with Crippen molar-refractivity contribution in [3.8, 4) is 0 Å². The molecule has 156 valence electrons. The highest BCUT2D eigenvalue weighted by Crippen LogP contribution is 2.26. The van der Waals surface area contributed by atoms with E-state index in [0.29, 0.717) is 11.5 Å². The molecule has 1 fully saturated rings. The number of anilines is 1. The molecule has 3 rings (SSSR count). The van der Waals surface area contributed by atoms with Crippen LogP contribution in [0.15, 0.2) is 27.4 Å². The summed E-state index contributed by atoms with van der Waals surface area (Å²) in [5.41, 5.74) is 2.33. The van der Waals surface area contributed by atoms with Crippen molar-refractivity contribution in [3.63, 3.8) is 0 Å². The summed E-state index contributed by atoms with van der Waals surface area (Å²) in [6.45, 7) is 8.14. The highest BCUT2D eigenvalue weighted by Gasteiger charge is 2.26. The van der Waals surface area contributed by atoms with Crippen LogP contribution in [0.5, 0.6) is 0 Å². The van der Waals surface area contributed by atoms with Gasteiger partial charge in [-0.3, -0.25) is 4.57 Å². The van der Waals surface area contributed by atoms with Gasteiger partial charge in [0.1, 0.15) is 0 Å². The fourth-order valence-electron chi connectivity index (χ4n) is 3.75. The van der Waals surface area contributed by atoms with Gasteiger partial charge >= 0.3 is 5.76 Å². The number of hydrogen-bond acceptors (Lipinski definition) is 5. The highest BCUT2D eigenvalue weighted by molar-refractivity contribution is 7.90. The number of aromatic nitrogens is 1. The molecule has 7 nitrogen and oxygen atoms in total. The Morgan fingerprint density at radius 1 is 1.14 bits per heavy atom. The summed E-state index contributed by atoms with van der Waals surface area (Å²) in [5, 5.41) is 3.04. The Labute approximate surface area is 166 Å². The van der Waals surface area contributed by atoms with E-state index < -0.39 is 15.3 Å². The van der Waals surface area contributed by atoms with Crippen LogP contribution in [0.4, 0.5) is 5.69 Å². The maximum atomic E-state index is 12.0. The van der Waals surface area contributed by atoms with Gasteiger partial charge in [0.25, 0.3) is 0 Å². The number of hydrogen-bond donors (Lipinski definition) is 2. The van der Waals surface area contributed by atoms with Crippen LogP contribution in [0.2, 0.25) is 0 Å². The molecular weight excluding hydrogens is 378 g/mol. The van der Waals surface area contributed by atoms with E-state index in [2.05, 4.69) is 10.0 Å². The van der Waals surface area contributed by atoms with Crippen molar-refractivity contribution in [2.45, 2.75) is 70.7 Å². The van der Waals surface area contributed by atoms with Gasteiger partial charge in [0.2, 0.25) is 10.0 Å². The minimum Gasteiger partial charge on any atom is -0.408 e. The molecule has 1 aliphatic carbocycles.